The van der Waals surface area contributed by atoms with Gasteiger partial charge in [-0.1, -0.05) is 163 Å². The van der Waals surface area contributed by atoms with Gasteiger partial charge in [0.1, 0.15) is 0 Å². The minimum absolute atomic E-state index is 0.0305. The molecule has 0 bridgehead atoms. The third-order valence-corrected chi connectivity index (χ3v) is 17.2. The Hall–Kier alpha value is -6.32. The maximum Gasteiger partial charge on any atom is 0.197 e. The van der Waals surface area contributed by atoms with Crippen LogP contribution in [0.1, 0.15) is 120 Å². The number of anilines is 2. The van der Waals surface area contributed by atoms with Crippen LogP contribution in [0.2, 0.25) is 0 Å². The number of fused-ring (bicyclic) bond motifs is 12. The first-order valence-corrected chi connectivity index (χ1v) is 24.9. The van der Waals surface area contributed by atoms with Crippen molar-refractivity contribution < 1.29 is 0 Å². The highest BCUT2D eigenvalue weighted by Gasteiger charge is 2.41. The first-order valence-electron chi connectivity index (χ1n) is 24.9. The summed E-state index contributed by atoms with van der Waals surface area (Å²) in [5.74, 6) is 0. The van der Waals surface area contributed by atoms with Gasteiger partial charge in [0.25, 0.3) is 0 Å². The summed E-state index contributed by atoms with van der Waals surface area (Å²) in [6.45, 7) is 21.9. The molecule has 1 aliphatic heterocycles. The molecule has 2 heterocycles. The Morgan fingerprint density at radius 3 is 1.88 bits per heavy atom. The first-order chi connectivity index (χ1) is 32.1. The Bertz CT molecular complexity index is 3610. The van der Waals surface area contributed by atoms with Crippen LogP contribution in [0.4, 0.5) is 11.4 Å². The summed E-state index contributed by atoms with van der Waals surface area (Å²) >= 11 is 0. The van der Waals surface area contributed by atoms with Crippen LogP contribution < -0.4 is 16.2 Å². The van der Waals surface area contributed by atoms with Gasteiger partial charge in [-0.05, 0) is 169 Å². The average molecular weight is 868 g/mol. The predicted octanol–water partition coefficient (Wildman–Crippen LogP) is 15.6. The summed E-state index contributed by atoms with van der Waals surface area (Å²) in [6.07, 6.45) is 5.63. The van der Waals surface area contributed by atoms with Crippen molar-refractivity contribution in [2.45, 2.75) is 116 Å². The maximum absolute atomic E-state index is 4.06. The molecule has 9 aromatic rings. The fraction of sp³-hybridized carbons (Fsp3) is 0.281. The molecule has 1 radical (unpaired) electrons. The van der Waals surface area contributed by atoms with E-state index in [2.05, 4.69) is 213 Å². The lowest BCUT2D eigenvalue weighted by Crippen LogP contribution is -2.41. The molecule has 0 atom stereocenters. The molecule has 0 unspecified atom stereocenters. The topological polar surface area (TPSA) is 17.0 Å². The summed E-state index contributed by atoms with van der Waals surface area (Å²) < 4.78 is 2.71. The van der Waals surface area contributed by atoms with Gasteiger partial charge in [0, 0.05) is 44.3 Å². The van der Waals surface area contributed by atoms with Crippen LogP contribution in [-0.2, 0) is 28.1 Å². The van der Waals surface area contributed by atoms with E-state index in [1.165, 1.54) is 140 Å². The lowest BCUT2D eigenvalue weighted by Gasteiger charge is -2.43. The van der Waals surface area contributed by atoms with Gasteiger partial charge < -0.3 is 9.88 Å². The van der Waals surface area contributed by atoms with Crippen LogP contribution in [0.15, 0.2) is 133 Å². The zero-order valence-corrected chi connectivity index (χ0v) is 40.8. The minimum atomic E-state index is 0.0305. The van der Waals surface area contributed by atoms with Crippen LogP contribution in [0, 0.1) is 6.92 Å². The molecule has 0 saturated heterocycles. The van der Waals surface area contributed by atoms with E-state index >= 15 is 0 Å². The number of hydrogen-bond donors (Lipinski definition) is 1. The lowest BCUT2D eigenvalue weighted by molar-refractivity contribution is 0.332. The fourth-order valence-corrected chi connectivity index (χ4v) is 13.0. The highest BCUT2D eigenvalue weighted by atomic mass is 15.0. The van der Waals surface area contributed by atoms with Gasteiger partial charge in [-0.3, -0.25) is 0 Å². The number of hydrogen-bond acceptors (Lipinski definition) is 1. The van der Waals surface area contributed by atoms with Gasteiger partial charge in [-0.25, -0.2) is 0 Å². The van der Waals surface area contributed by atoms with Crippen LogP contribution in [-0.4, -0.2) is 11.8 Å². The van der Waals surface area contributed by atoms with E-state index in [1.54, 1.807) is 0 Å². The summed E-state index contributed by atoms with van der Waals surface area (Å²) in [5.41, 5.74) is 26.9. The molecule has 329 valence electrons. The van der Waals surface area contributed by atoms with Crippen LogP contribution >= 0.6 is 0 Å². The van der Waals surface area contributed by atoms with Crippen LogP contribution in [0.25, 0.3) is 71.6 Å². The van der Waals surface area contributed by atoms with E-state index in [-0.39, 0.29) is 21.7 Å². The molecule has 0 spiro atoms. The lowest BCUT2D eigenvalue weighted by atomic mass is 9.55. The minimum Gasteiger partial charge on any atom is -0.355 e. The van der Waals surface area contributed by atoms with Gasteiger partial charge in [-0.2, -0.15) is 0 Å². The summed E-state index contributed by atoms with van der Waals surface area (Å²) in [4.78, 5) is 0. The first kappa shape index (κ1) is 40.9. The van der Waals surface area contributed by atoms with Crippen molar-refractivity contribution in [2.75, 3.05) is 5.32 Å². The Kier molecular flexibility index (Phi) is 8.48. The van der Waals surface area contributed by atoms with E-state index in [4.69, 9.17) is 0 Å². The molecule has 67 heavy (non-hydrogen) atoms. The average Bonchev–Trinajstić information content (AvgIpc) is 3.87. The van der Waals surface area contributed by atoms with Crippen LogP contribution in [0.3, 0.4) is 0 Å². The molecule has 2 nitrogen and oxygen atoms in total. The molecule has 0 saturated carbocycles. The standard InChI is InChI=1S/C64H60BN2/c1-37-18-22-42(23-19-37)66-55-35-52-50(61(2,3)26-28-63(52,6)7)33-48(55)49-32-47(40-21-24-44-41(31-40)30-39-15-11-12-16-43(39)44)57-46-25-20-38-14-10-13-17-45(38)59(46)67-56-36-53-51(34-54(56)65-58(49)60(57)67)62(4,5)27-29-64(53,8)9/h10-25,31-36,66H,26-30H2,1-9H3. The molecule has 0 amide bonds. The second-order valence-corrected chi connectivity index (χ2v) is 23.4. The summed E-state index contributed by atoms with van der Waals surface area (Å²) in [6, 6.07) is 52.0. The molecule has 1 N–H and O–H groups in total. The molecule has 0 fully saturated rings. The second kappa shape index (κ2) is 13.9. The third kappa shape index (κ3) is 6.02. The number of aryl methyl sites for hydroxylation is 1. The van der Waals surface area contributed by atoms with Crippen molar-refractivity contribution in [1.82, 2.24) is 4.57 Å². The van der Waals surface area contributed by atoms with Gasteiger partial charge in [0.05, 0.1) is 5.52 Å². The molecule has 3 aliphatic carbocycles. The van der Waals surface area contributed by atoms with E-state index in [1.807, 2.05) is 0 Å². The Morgan fingerprint density at radius 1 is 0.493 bits per heavy atom. The normalized spacial score (nSPS) is 17.6. The van der Waals surface area contributed by atoms with Crippen LogP contribution in [0.5, 0.6) is 0 Å². The largest absolute Gasteiger partial charge is 0.355 e. The predicted molar refractivity (Wildman–Crippen MR) is 287 cm³/mol. The quantitative estimate of drug-likeness (QED) is 0.174. The van der Waals surface area contributed by atoms with Crippen molar-refractivity contribution in [2.24, 2.45) is 0 Å². The number of nitrogens with zero attached hydrogens (tertiary/aromatic N) is 1. The molecule has 13 rings (SSSR count). The van der Waals surface area contributed by atoms with E-state index < -0.39 is 0 Å². The summed E-state index contributed by atoms with van der Waals surface area (Å²) in [5, 5.41) is 9.27. The van der Waals surface area contributed by atoms with Gasteiger partial charge in [0.2, 0.25) is 0 Å². The SMILES string of the molecule is Cc1ccc(Nc2cc3c(cc2-c2cc(-c4ccc5c(c4)Cc4ccccc4-5)c4c5ccc6ccccc6c5n5c4c2[B]c2cc4c(cc2-5)C(C)(C)CCC4(C)C)C(C)(C)CCC3(C)C)cc1. The molecular weight excluding hydrogens is 808 g/mol. The van der Waals surface area contributed by atoms with Crippen molar-refractivity contribution >= 4 is 62.2 Å². The zero-order chi connectivity index (χ0) is 45.9. The Morgan fingerprint density at radius 2 is 1.13 bits per heavy atom. The molecule has 8 aromatic carbocycles. The monoisotopic (exact) mass is 867 g/mol. The molecule has 4 aliphatic rings. The van der Waals surface area contributed by atoms with Crippen molar-refractivity contribution in [3.8, 4) is 39.1 Å². The third-order valence-electron chi connectivity index (χ3n) is 17.2. The number of rotatable bonds is 4. The van der Waals surface area contributed by atoms with Gasteiger partial charge >= 0.3 is 0 Å². The van der Waals surface area contributed by atoms with E-state index in [9.17, 15) is 0 Å². The fourth-order valence-electron chi connectivity index (χ4n) is 13.0. The number of benzene rings is 8. The maximum atomic E-state index is 4.06. The Balaban J connectivity index is 1.19. The smallest absolute Gasteiger partial charge is 0.197 e. The number of aromatic nitrogens is 1. The van der Waals surface area contributed by atoms with Crippen molar-refractivity contribution in [3.05, 3.63) is 172 Å². The van der Waals surface area contributed by atoms with Crippen molar-refractivity contribution in [1.29, 1.82) is 0 Å². The highest BCUT2D eigenvalue weighted by molar-refractivity contribution is 6.73. The second-order valence-electron chi connectivity index (χ2n) is 23.4. The number of nitrogens with one attached hydrogen (secondary N) is 1. The molecule has 3 heteroatoms. The summed E-state index contributed by atoms with van der Waals surface area (Å²) in [7, 11) is 2.58. The molecule has 1 aromatic heterocycles. The van der Waals surface area contributed by atoms with E-state index in [0.717, 1.165) is 24.9 Å². The highest BCUT2D eigenvalue weighted by Crippen LogP contribution is 2.52. The zero-order valence-electron chi connectivity index (χ0n) is 40.8. The van der Waals surface area contributed by atoms with Crippen molar-refractivity contribution in [3.63, 3.8) is 0 Å². The Labute approximate surface area is 397 Å². The molecular formula is C64H60BN2. The van der Waals surface area contributed by atoms with Gasteiger partial charge in [0.15, 0.2) is 7.28 Å². The van der Waals surface area contributed by atoms with E-state index in [0.29, 0.717) is 0 Å². The van der Waals surface area contributed by atoms with Gasteiger partial charge in [-0.15, -0.1) is 0 Å².